The number of pyridine rings is 1. The third-order valence-corrected chi connectivity index (χ3v) is 4.63. The van der Waals surface area contributed by atoms with Crippen molar-refractivity contribution >= 4 is 5.91 Å². The molecule has 0 unspecified atom stereocenters. The average Bonchev–Trinajstić information content (AvgIpc) is 3.18. The summed E-state index contributed by atoms with van der Waals surface area (Å²) in [6.07, 6.45) is 4.86. The lowest BCUT2D eigenvalue weighted by Gasteiger charge is -2.31. The fraction of sp³-hybridized carbons (Fsp3) is 0.350. The Kier molecular flexibility index (Phi) is 5.01. The smallest absolute Gasteiger partial charge is 0.276 e. The summed E-state index contributed by atoms with van der Waals surface area (Å²) in [4.78, 5) is 27.1. The number of hydrogen-bond donors (Lipinski definition) is 0. The van der Waals surface area contributed by atoms with Crippen molar-refractivity contribution in [3.63, 3.8) is 0 Å². The zero-order valence-electron chi connectivity index (χ0n) is 15.8. The number of hydrogen-bond acceptors (Lipinski definition) is 7. The normalized spacial score (nSPS) is 14.9. The van der Waals surface area contributed by atoms with Gasteiger partial charge in [-0.15, -0.1) is 0 Å². The molecular weight excluding hydrogens is 358 g/mol. The van der Waals surface area contributed by atoms with Crippen molar-refractivity contribution in [3.8, 4) is 17.2 Å². The highest BCUT2D eigenvalue weighted by atomic mass is 16.5. The summed E-state index contributed by atoms with van der Waals surface area (Å²) in [6, 6.07) is 7.17. The number of nitrogens with zero attached hydrogens (tertiary/aromatic N) is 5. The molecule has 0 N–H and O–H groups in total. The third kappa shape index (κ3) is 4.00. The van der Waals surface area contributed by atoms with Crippen molar-refractivity contribution in [2.24, 2.45) is 0 Å². The molecule has 28 heavy (non-hydrogen) atoms. The van der Waals surface area contributed by atoms with E-state index >= 15 is 0 Å². The molecule has 1 saturated heterocycles. The first-order valence-electron chi connectivity index (χ1n) is 9.24. The molecule has 0 atom stereocenters. The third-order valence-electron chi connectivity index (χ3n) is 4.63. The number of carbonyl (C=O) groups excluding carboxylic acids is 1. The predicted molar refractivity (Wildman–Crippen MR) is 101 cm³/mol. The Hall–Kier alpha value is -3.29. The van der Waals surface area contributed by atoms with E-state index in [9.17, 15) is 4.79 Å². The lowest BCUT2D eigenvalue weighted by Crippen LogP contribution is -2.42. The van der Waals surface area contributed by atoms with Gasteiger partial charge in [0.2, 0.25) is 5.88 Å². The Morgan fingerprint density at radius 3 is 2.75 bits per heavy atom. The van der Waals surface area contributed by atoms with Crippen LogP contribution in [0.3, 0.4) is 0 Å². The van der Waals surface area contributed by atoms with E-state index in [4.69, 9.17) is 9.26 Å². The first-order valence-corrected chi connectivity index (χ1v) is 9.24. The van der Waals surface area contributed by atoms with E-state index in [0.29, 0.717) is 36.2 Å². The van der Waals surface area contributed by atoms with E-state index in [1.165, 1.54) is 0 Å². The van der Waals surface area contributed by atoms with Crippen molar-refractivity contribution in [2.45, 2.75) is 32.8 Å². The van der Waals surface area contributed by atoms with Crippen LogP contribution in [0.25, 0.3) is 11.3 Å². The van der Waals surface area contributed by atoms with Crippen molar-refractivity contribution < 1.29 is 14.1 Å². The van der Waals surface area contributed by atoms with Crippen LogP contribution in [0.5, 0.6) is 5.88 Å². The highest BCUT2D eigenvalue weighted by Gasteiger charge is 2.27. The monoisotopic (exact) mass is 379 g/mol. The van der Waals surface area contributed by atoms with Crippen molar-refractivity contribution in [1.29, 1.82) is 0 Å². The van der Waals surface area contributed by atoms with Gasteiger partial charge in [-0.2, -0.15) is 4.98 Å². The SMILES string of the molecule is Cc1cc(OC2CCN(C(=O)c3cc(-c4cccnc4)on3)CC2)nc(C)n1. The maximum absolute atomic E-state index is 12.7. The van der Waals surface area contributed by atoms with Gasteiger partial charge in [-0.05, 0) is 26.0 Å². The Balaban J connectivity index is 1.36. The van der Waals surface area contributed by atoms with Gasteiger partial charge in [0.1, 0.15) is 11.9 Å². The van der Waals surface area contributed by atoms with Crippen LogP contribution in [-0.2, 0) is 0 Å². The van der Waals surface area contributed by atoms with Gasteiger partial charge in [0.15, 0.2) is 11.5 Å². The number of aryl methyl sites for hydroxylation is 2. The van der Waals surface area contributed by atoms with Gasteiger partial charge < -0.3 is 14.2 Å². The molecule has 3 aromatic rings. The zero-order chi connectivity index (χ0) is 19.5. The van der Waals surface area contributed by atoms with E-state index in [0.717, 1.165) is 24.1 Å². The second-order valence-electron chi connectivity index (χ2n) is 6.82. The summed E-state index contributed by atoms with van der Waals surface area (Å²) in [6.45, 7) is 4.96. The minimum absolute atomic E-state index is 0.0287. The predicted octanol–water partition coefficient (Wildman–Crippen LogP) is 2.83. The van der Waals surface area contributed by atoms with Crippen LogP contribution in [0.4, 0.5) is 0 Å². The Bertz CT molecular complexity index is 945. The highest BCUT2D eigenvalue weighted by molar-refractivity contribution is 5.93. The molecule has 144 valence electrons. The molecule has 1 fully saturated rings. The lowest BCUT2D eigenvalue weighted by atomic mass is 10.1. The molecule has 0 bridgehead atoms. The number of rotatable bonds is 4. The maximum atomic E-state index is 12.7. The van der Waals surface area contributed by atoms with Crippen LogP contribution in [0.1, 0.15) is 34.8 Å². The van der Waals surface area contributed by atoms with Gasteiger partial charge in [-0.25, -0.2) is 4.98 Å². The van der Waals surface area contributed by atoms with Crippen LogP contribution in [0.2, 0.25) is 0 Å². The van der Waals surface area contributed by atoms with E-state index < -0.39 is 0 Å². The summed E-state index contributed by atoms with van der Waals surface area (Å²) >= 11 is 0. The van der Waals surface area contributed by atoms with E-state index in [1.54, 1.807) is 23.4 Å². The molecule has 4 rings (SSSR count). The number of aromatic nitrogens is 4. The quantitative estimate of drug-likeness (QED) is 0.688. The van der Waals surface area contributed by atoms with E-state index in [1.807, 2.05) is 32.0 Å². The molecule has 4 heterocycles. The second-order valence-corrected chi connectivity index (χ2v) is 6.82. The second kappa shape index (κ2) is 7.75. The molecule has 0 aromatic carbocycles. The van der Waals surface area contributed by atoms with Crippen molar-refractivity contribution in [1.82, 2.24) is 25.0 Å². The Morgan fingerprint density at radius 2 is 2.04 bits per heavy atom. The number of likely N-dealkylation sites (tertiary alicyclic amines) is 1. The highest BCUT2D eigenvalue weighted by Crippen LogP contribution is 2.22. The number of ether oxygens (including phenoxy) is 1. The van der Waals surface area contributed by atoms with E-state index in [-0.39, 0.29) is 12.0 Å². The standard InChI is InChI=1S/C20H21N5O3/c1-13-10-19(23-14(2)22-13)27-16-5-8-25(9-6-16)20(26)17-11-18(28-24-17)15-4-3-7-21-12-15/h3-4,7,10-12,16H,5-6,8-9H2,1-2H3. The van der Waals surface area contributed by atoms with Crippen LogP contribution >= 0.6 is 0 Å². The summed E-state index contributed by atoms with van der Waals surface area (Å²) in [5.74, 6) is 1.68. The van der Waals surface area contributed by atoms with Crippen LogP contribution < -0.4 is 4.74 Å². The molecule has 8 heteroatoms. The fourth-order valence-corrected chi connectivity index (χ4v) is 3.27. The molecule has 0 saturated carbocycles. The lowest BCUT2D eigenvalue weighted by molar-refractivity contribution is 0.0578. The molecular formula is C20H21N5O3. The largest absolute Gasteiger partial charge is 0.474 e. The maximum Gasteiger partial charge on any atom is 0.276 e. The van der Waals surface area contributed by atoms with E-state index in [2.05, 4.69) is 20.1 Å². The molecule has 3 aromatic heterocycles. The Morgan fingerprint density at radius 1 is 1.21 bits per heavy atom. The summed E-state index contributed by atoms with van der Waals surface area (Å²) < 4.78 is 11.3. The van der Waals surface area contributed by atoms with Crippen molar-refractivity contribution in [2.75, 3.05) is 13.1 Å². The number of carbonyl (C=O) groups is 1. The molecule has 1 aliphatic heterocycles. The first-order chi connectivity index (χ1) is 13.6. The molecule has 1 amide bonds. The van der Waals surface area contributed by atoms with Crippen LogP contribution in [0.15, 0.2) is 41.2 Å². The van der Waals surface area contributed by atoms with Crippen LogP contribution in [-0.4, -0.2) is 50.1 Å². The minimum Gasteiger partial charge on any atom is -0.474 e. The van der Waals surface area contributed by atoms with Gasteiger partial charge in [0, 0.05) is 61.7 Å². The van der Waals surface area contributed by atoms with Gasteiger partial charge in [-0.1, -0.05) is 5.16 Å². The summed E-state index contributed by atoms with van der Waals surface area (Å²) in [5.41, 5.74) is 1.97. The van der Waals surface area contributed by atoms with Gasteiger partial charge in [-0.3, -0.25) is 9.78 Å². The zero-order valence-corrected chi connectivity index (χ0v) is 15.8. The van der Waals surface area contributed by atoms with Crippen molar-refractivity contribution in [3.05, 3.63) is 53.9 Å². The van der Waals surface area contributed by atoms with Gasteiger partial charge in [0.25, 0.3) is 5.91 Å². The van der Waals surface area contributed by atoms with Crippen LogP contribution in [0, 0.1) is 13.8 Å². The van der Waals surface area contributed by atoms with Gasteiger partial charge >= 0.3 is 0 Å². The molecule has 0 spiro atoms. The Labute approximate surface area is 162 Å². The molecule has 8 nitrogen and oxygen atoms in total. The van der Waals surface area contributed by atoms with Gasteiger partial charge in [0.05, 0.1) is 0 Å². The molecule has 0 radical (unpaired) electrons. The number of piperidine rings is 1. The molecule has 1 aliphatic rings. The summed E-state index contributed by atoms with van der Waals surface area (Å²) in [5, 5.41) is 3.93. The average molecular weight is 379 g/mol. The fourth-order valence-electron chi connectivity index (χ4n) is 3.27. The molecule has 0 aliphatic carbocycles. The first kappa shape index (κ1) is 18.1. The topological polar surface area (TPSA) is 94.2 Å². The number of amides is 1. The minimum atomic E-state index is -0.133. The summed E-state index contributed by atoms with van der Waals surface area (Å²) in [7, 11) is 0.